The molecule has 0 aliphatic carbocycles. The molecule has 1 aliphatic heterocycles. The Hall–Kier alpha value is -1.86. The molecule has 25 heavy (non-hydrogen) atoms. The number of likely N-dealkylation sites (tertiary alicyclic amines) is 1. The first kappa shape index (κ1) is 19.5. The number of nitrogens with one attached hydrogen (secondary N) is 1. The van der Waals surface area contributed by atoms with Crippen LogP contribution >= 0.6 is 0 Å². The summed E-state index contributed by atoms with van der Waals surface area (Å²) in [5.74, 6) is 0. The van der Waals surface area contributed by atoms with Gasteiger partial charge in [0.2, 0.25) is 10.0 Å². The fraction of sp³-hybridized carbons (Fsp3) is 0.500. The fourth-order valence-corrected chi connectivity index (χ4v) is 4.10. The maximum absolute atomic E-state index is 12.2. The van der Waals surface area contributed by atoms with Crippen LogP contribution in [0.2, 0.25) is 0 Å². The van der Waals surface area contributed by atoms with Crippen molar-refractivity contribution in [2.24, 2.45) is 0 Å². The third-order valence-electron chi connectivity index (χ3n) is 4.42. The lowest BCUT2D eigenvalue weighted by Gasteiger charge is -2.40. The number of hydrogen-bond acceptors (Lipinski definition) is 4. The molecule has 0 saturated carbocycles. The number of carbonyl (C=O) groups excluding carboxylic acids is 1. The Morgan fingerprint density at radius 1 is 1.44 bits per heavy atom. The molecule has 1 fully saturated rings. The second kappa shape index (κ2) is 8.01. The summed E-state index contributed by atoms with van der Waals surface area (Å²) in [6.07, 6.45) is 2.67. The van der Waals surface area contributed by atoms with Crippen LogP contribution in [0.4, 0.5) is 4.79 Å². The van der Waals surface area contributed by atoms with Gasteiger partial charge in [0, 0.05) is 12.6 Å². The van der Waals surface area contributed by atoms with Crippen LogP contribution in [0.5, 0.6) is 0 Å². The third-order valence-corrected chi connectivity index (χ3v) is 5.15. The van der Waals surface area contributed by atoms with Crippen molar-refractivity contribution in [2.45, 2.75) is 38.3 Å². The van der Waals surface area contributed by atoms with Gasteiger partial charge in [-0.1, -0.05) is 36.4 Å². The van der Waals surface area contributed by atoms with Crippen molar-refractivity contribution in [1.82, 2.24) is 9.62 Å². The Labute approximate surface area is 149 Å². The normalized spacial score (nSPS) is 21.0. The maximum atomic E-state index is 12.2. The maximum Gasteiger partial charge on any atom is 0.409 e. The van der Waals surface area contributed by atoms with Gasteiger partial charge in [-0.15, -0.1) is 0 Å². The van der Waals surface area contributed by atoms with Crippen LogP contribution in [0, 0.1) is 0 Å². The van der Waals surface area contributed by atoms with Crippen LogP contribution in [0.1, 0.15) is 30.9 Å². The van der Waals surface area contributed by atoms with E-state index in [1.54, 1.807) is 4.90 Å². The first-order chi connectivity index (χ1) is 11.7. The quantitative estimate of drug-likeness (QED) is 0.868. The van der Waals surface area contributed by atoms with E-state index in [-0.39, 0.29) is 12.1 Å². The molecule has 1 amide bonds. The number of piperidine rings is 1. The molecule has 138 valence electrons. The molecule has 2 atom stereocenters. The van der Waals surface area contributed by atoms with Crippen molar-refractivity contribution < 1.29 is 17.9 Å². The van der Waals surface area contributed by atoms with Gasteiger partial charge in [0.1, 0.15) is 0 Å². The highest BCUT2D eigenvalue weighted by atomic mass is 32.2. The minimum Gasteiger partial charge on any atom is -0.453 e. The van der Waals surface area contributed by atoms with E-state index in [1.165, 1.54) is 7.11 Å². The molecule has 1 saturated heterocycles. The predicted molar refractivity (Wildman–Crippen MR) is 98.8 cm³/mol. The zero-order valence-corrected chi connectivity index (χ0v) is 15.8. The second-order valence-electron chi connectivity index (χ2n) is 6.55. The predicted octanol–water partition coefficient (Wildman–Crippen LogP) is 2.41. The van der Waals surface area contributed by atoms with Crippen molar-refractivity contribution in [3.05, 3.63) is 42.0 Å². The Balaban J connectivity index is 2.31. The van der Waals surface area contributed by atoms with Crippen molar-refractivity contribution in [3.63, 3.8) is 0 Å². The highest BCUT2D eigenvalue weighted by Gasteiger charge is 2.36. The van der Waals surface area contributed by atoms with E-state index in [1.807, 2.05) is 31.2 Å². The van der Waals surface area contributed by atoms with Gasteiger partial charge in [0.05, 0.1) is 19.4 Å². The van der Waals surface area contributed by atoms with E-state index in [2.05, 4.69) is 11.3 Å². The van der Waals surface area contributed by atoms with E-state index in [9.17, 15) is 13.2 Å². The number of rotatable bonds is 5. The zero-order chi connectivity index (χ0) is 18.6. The van der Waals surface area contributed by atoms with E-state index in [0.29, 0.717) is 19.4 Å². The molecular formula is C18H26N2O4S. The topological polar surface area (TPSA) is 75.7 Å². The number of methoxy groups -OCH3 is 1. The second-order valence-corrected chi connectivity index (χ2v) is 8.33. The van der Waals surface area contributed by atoms with E-state index < -0.39 is 16.1 Å². The van der Waals surface area contributed by atoms with Gasteiger partial charge in [-0.25, -0.2) is 17.9 Å². The molecule has 0 unspecified atom stereocenters. The standard InChI is InChI=1S/C18H26N2O4S/c1-13(2)15-8-5-7-14(11-15)12-17-16(19-25(4,22)23)9-6-10-20(17)18(21)24-3/h5,7-8,11,16-17,19H,1,6,9-10,12H2,2-4H3/t16-,17-/m0/s1. The SMILES string of the molecule is C=C(C)c1cccc(C[C@H]2[C@@H](NS(C)(=O)=O)CCCN2C(=O)OC)c1. The summed E-state index contributed by atoms with van der Waals surface area (Å²) in [5.41, 5.74) is 3.02. The third kappa shape index (κ3) is 5.31. The van der Waals surface area contributed by atoms with Gasteiger partial charge < -0.3 is 9.64 Å². The average Bonchev–Trinajstić information content (AvgIpc) is 2.54. The highest BCUT2D eigenvalue weighted by molar-refractivity contribution is 7.88. The zero-order valence-electron chi connectivity index (χ0n) is 15.0. The minimum absolute atomic E-state index is 0.295. The average molecular weight is 366 g/mol. The molecular weight excluding hydrogens is 340 g/mol. The molecule has 1 heterocycles. The number of sulfonamides is 1. The van der Waals surface area contributed by atoms with Crippen LogP contribution in [0.3, 0.4) is 0 Å². The lowest BCUT2D eigenvalue weighted by atomic mass is 9.91. The number of hydrogen-bond donors (Lipinski definition) is 1. The molecule has 0 radical (unpaired) electrons. The van der Waals surface area contributed by atoms with Crippen molar-refractivity contribution in [3.8, 4) is 0 Å². The monoisotopic (exact) mass is 366 g/mol. The molecule has 1 aromatic rings. The summed E-state index contributed by atoms with van der Waals surface area (Å²) in [6, 6.07) is 7.31. The smallest absolute Gasteiger partial charge is 0.409 e. The molecule has 6 nitrogen and oxygen atoms in total. The highest BCUT2D eigenvalue weighted by Crippen LogP contribution is 2.24. The number of carbonyl (C=O) groups is 1. The number of benzene rings is 1. The Morgan fingerprint density at radius 2 is 2.16 bits per heavy atom. The van der Waals surface area contributed by atoms with Crippen molar-refractivity contribution in [1.29, 1.82) is 0 Å². The summed E-state index contributed by atoms with van der Waals surface area (Å²) >= 11 is 0. The lowest BCUT2D eigenvalue weighted by Crippen LogP contribution is -2.57. The van der Waals surface area contributed by atoms with Crippen LogP contribution in [0.25, 0.3) is 5.57 Å². The molecule has 7 heteroatoms. The minimum atomic E-state index is -3.37. The van der Waals surface area contributed by atoms with E-state index >= 15 is 0 Å². The molecule has 1 aliphatic rings. The fourth-order valence-electron chi connectivity index (χ4n) is 3.27. The first-order valence-electron chi connectivity index (χ1n) is 8.28. The van der Waals surface area contributed by atoms with Gasteiger partial charge in [-0.2, -0.15) is 0 Å². The summed E-state index contributed by atoms with van der Waals surface area (Å²) in [5, 5.41) is 0. The Kier molecular flexibility index (Phi) is 6.24. The van der Waals surface area contributed by atoms with Crippen LogP contribution in [-0.4, -0.2) is 51.4 Å². The summed E-state index contributed by atoms with van der Waals surface area (Å²) in [7, 11) is -2.03. The molecule has 0 aromatic heterocycles. The molecule has 0 bridgehead atoms. The molecule has 2 rings (SSSR count). The molecule has 1 N–H and O–H groups in total. The lowest BCUT2D eigenvalue weighted by molar-refractivity contribution is 0.0792. The molecule has 1 aromatic carbocycles. The van der Waals surface area contributed by atoms with Gasteiger partial charge in [0.15, 0.2) is 0 Å². The van der Waals surface area contributed by atoms with E-state index in [0.717, 1.165) is 29.4 Å². The van der Waals surface area contributed by atoms with Gasteiger partial charge in [-0.3, -0.25) is 0 Å². The first-order valence-corrected chi connectivity index (χ1v) is 10.2. The van der Waals surface area contributed by atoms with Crippen molar-refractivity contribution in [2.75, 3.05) is 19.9 Å². The van der Waals surface area contributed by atoms with Crippen LogP contribution < -0.4 is 4.72 Å². The Bertz CT molecular complexity index is 745. The van der Waals surface area contributed by atoms with Gasteiger partial charge in [-0.05, 0) is 37.3 Å². The van der Waals surface area contributed by atoms with Crippen LogP contribution in [0.15, 0.2) is 30.8 Å². The van der Waals surface area contributed by atoms with Gasteiger partial charge >= 0.3 is 6.09 Å². The number of nitrogens with zero attached hydrogens (tertiary/aromatic N) is 1. The summed E-state index contributed by atoms with van der Waals surface area (Å²) in [4.78, 5) is 13.8. The molecule has 0 spiro atoms. The van der Waals surface area contributed by atoms with Crippen LogP contribution in [-0.2, 0) is 21.2 Å². The number of amides is 1. The number of allylic oxidation sites excluding steroid dienone is 1. The Morgan fingerprint density at radius 3 is 2.76 bits per heavy atom. The van der Waals surface area contributed by atoms with E-state index in [4.69, 9.17) is 4.74 Å². The summed E-state index contributed by atoms with van der Waals surface area (Å²) in [6.45, 7) is 6.45. The summed E-state index contributed by atoms with van der Waals surface area (Å²) < 4.78 is 31.0. The largest absolute Gasteiger partial charge is 0.453 e. The van der Waals surface area contributed by atoms with Crippen molar-refractivity contribution >= 4 is 21.7 Å². The van der Waals surface area contributed by atoms with Gasteiger partial charge in [0.25, 0.3) is 0 Å². The number of ether oxygens (including phenoxy) is 1.